The molecule has 0 spiro atoms. The van der Waals surface area contributed by atoms with Crippen LogP contribution in [0.25, 0.3) is 0 Å². The van der Waals surface area contributed by atoms with Gasteiger partial charge in [-0.15, -0.1) is 0 Å². The number of hydrogen-bond donors (Lipinski definition) is 8. The minimum Gasteiger partial charge on any atom is -0.396 e. The van der Waals surface area contributed by atoms with Crippen LogP contribution in [-0.2, 0) is 18.9 Å². The average Bonchev–Trinajstić information content (AvgIpc) is 2.87. The fraction of sp³-hybridized carbons (Fsp3) is 1.00. The van der Waals surface area contributed by atoms with Crippen molar-refractivity contribution in [2.24, 2.45) is 10.8 Å². The molecule has 0 aromatic carbocycles. The van der Waals surface area contributed by atoms with Gasteiger partial charge >= 0.3 is 0 Å². The van der Waals surface area contributed by atoms with Gasteiger partial charge in [-0.3, -0.25) is 0 Å². The van der Waals surface area contributed by atoms with Gasteiger partial charge in [0, 0.05) is 52.9 Å². The van der Waals surface area contributed by atoms with Gasteiger partial charge in [0.15, 0.2) is 0 Å². The Hall–Kier alpha value is -0.480. The fourth-order valence-electron chi connectivity index (χ4n) is 2.37. The van der Waals surface area contributed by atoms with Crippen LogP contribution in [0.15, 0.2) is 0 Å². The first kappa shape index (κ1) is 35.7. The molecule has 0 aliphatic heterocycles. The van der Waals surface area contributed by atoms with E-state index in [9.17, 15) is 0 Å². The van der Waals surface area contributed by atoms with Gasteiger partial charge in [0.1, 0.15) is 0 Å². The van der Waals surface area contributed by atoms with Crippen molar-refractivity contribution in [3.05, 3.63) is 0 Å². The first-order valence-electron chi connectivity index (χ1n) is 11.7. The lowest BCUT2D eigenvalue weighted by Gasteiger charge is -2.33. The summed E-state index contributed by atoms with van der Waals surface area (Å²) in [5, 5.41) is 69.5. The van der Waals surface area contributed by atoms with E-state index in [0.717, 1.165) is 0 Å². The lowest BCUT2D eigenvalue weighted by atomic mass is 9.92. The molecular formula is C22H48O12. The summed E-state index contributed by atoms with van der Waals surface area (Å²) < 4.78 is 22.6. The molecule has 0 rings (SSSR count). The van der Waals surface area contributed by atoms with Crippen LogP contribution in [0.3, 0.4) is 0 Å². The maximum absolute atomic E-state index is 8.87. The lowest BCUT2D eigenvalue weighted by molar-refractivity contribution is -0.109. The molecule has 0 bridgehead atoms. The summed E-state index contributed by atoms with van der Waals surface area (Å²) in [4.78, 5) is 0. The number of aliphatic hydroxyl groups is 8. The zero-order valence-electron chi connectivity index (χ0n) is 20.4. The predicted octanol–water partition coefficient (Wildman–Crippen LogP) is -2.49. The zero-order valence-corrected chi connectivity index (χ0v) is 20.4. The van der Waals surface area contributed by atoms with Crippen molar-refractivity contribution in [1.29, 1.82) is 0 Å². The lowest BCUT2D eigenvalue weighted by Crippen LogP contribution is -2.42. The molecule has 0 unspecified atom stereocenters. The molecule has 0 aromatic heterocycles. The number of ether oxygens (including phenoxy) is 4. The third-order valence-electron chi connectivity index (χ3n) is 4.76. The Morgan fingerprint density at radius 1 is 0.353 bits per heavy atom. The molecule has 0 fully saturated rings. The summed E-state index contributed by atoms with van der Waals surface area (Å²) >= 11 is 0. The summed E-state index contributed by atoms with van der Waals surface area (Å²) in [6, 6.07) is 0. The third kappa shape index (κ3) is 18.8. The second-order valence-corrected chi connectivity index (χ2v) is 8.15. The van der Waals surface area contributed by atoms with Crippen molar-refractivity contribution in [2.45, 2.75) is 25.7 Å². The predicted molar refractivity (Wildman–Crippen MR) is 123 cm³/mol. The van der Waals surface area contributed by atoms with E-state index >= 15 is 0 Å². The second kappa shape index (κ2) is 25.6. The maximum Gasteiger partial charge on any atom is 0.0637 e. The summed E-state index contributed by atoms with van der Waals surface area (Å²) in [6.07, 6.45) is 2.22. The van der Waals surface area contributed by atoms with Gasteiger partial charge in [0.2, 0.25) is 0 Å². The van der Waals surface area contributed by atoms with Crippen molar-refractivity contribution in [3.8, 4) is 0 Å². The highest BCUT2D eigenvalue weighted by Crippen LogP contribution is 2.21. The smallest absolute Gasteiger partial charge is 0.0637 e. The molecule has 0 radical (unpaired) electrons. The second-order valence-electron chi connectivity index (χ2n) is 8.15. The van der Waals surface area contributed by atoms with Gasteiger partial charge in [0.25, 0.3) is 0 Å². The van der Waals surface area contributed by atoms with Crippen LogP contribution in [0.2, 0.25) is 0 Å². The van der Waals surface area contributed by atoms with Crippen molar-refractivity contribution in [2.75, 3.05) is 106 Å². The largest absolute Gasteiger partial charge is 0.396 e. The molecule has 0 amide bonds. The molecule has 34 heavy (non-hydrogen) atoms. The highest BCUT2D eigenvalue weighted by atomic mass is 16.5. The molecule has 0 saturated heterocycles. The van der Waals surface area contributed by atoms with Crippen LogP contribution in [-0.4, -0.2) is 147 Å². The van der Waals surface area contributed by atoms with Crippen LogP contribution in [0.5, 0.6) is 0 Å². The Labute approximate surface area is 202 Å². The van der Waals surface area contributed by atoms with Crippen molar-refractivity contribution < 1.29 is 59.8 Å². The number of rotatable bonds is 24. The van der Waals surface area contributed by atoms with Crippen LogP contribution >= 0.6 is 0 Å². The van der Waals surface area contributed by atoms with Gasteiger partial charge in [-0.2, -0.15) is 0 Å². The Balaban J connectivity index is 0. The first-order chi connectivity index (χ1) is 16.5. The van der Waals surface area contributed by atoms with E-state index in [4.69, 9.17) is 59.8 Å². The molecular weight excluding hydrogens is 456 g/mol. The Morgan fingerprint density at radius 2 is 0.588 bits per heavy atom. The molecule has 0 aliphatic rings. The van der Waals surface area contributed by atoms with Gasteiger partial charge < -0.3 is 59.8 Å². The monoisotopic (exact) mass is 504 g/mol. The van der Waals surface area contributed by atoms with E-state index in [1.165, 1.54) is 0 Å². The summed E-state index contributed by atoms with van der Waals surface area (Å²) in [7, 11) is 0. The summed E-state index contributed by atoms with van der Waals surface area (Å²) in [5.41, 5.74) is -1.63. The van der Waals surface area contributed by atoms with Crippen LogP contribution < -0.4 is 0 Å². The molecule has 0 heterocycles. The van der Waals surface area contributed by atoms with Crippen LogP contribution in [0, 0.1) is 10.8 Å². The van der Waals surface area contributed by atoms with Crippen molar-refractivity contribution >= 4 is 0 Å². The van der Waals surface area contributed by atoms with E-state index in [2.05, 4.69) is 0 Å². The Kier molecular flexibility index (Phi) is 26.9. The SMILES string of the molecule is OCC(CO)(CO)CO.OCCCOCC(COCCCO)(COCCCO)COCCCO. The van der Waals surface area contributed by atoms with Gasteiger partial charge in [-0.25, -0.2) is 0 Å². The minimum absolute atomic E-state index is 0.0694. The van der Waals surface area contributed by atoms with Gasteiger partial charge in [0.05, 0.1) is 63.7 Å². The zero-order chi connectivity index (χ0) is 26.0. The Morgan fingerprint density at radius 3 is 0.735 bits per heavy atom. The standard InChI is InChI=1S/C17H36O8.C5H12O4/c18-5-1-9-22-13-17(14-23-10-2-6-19,15-24-11-3-7-20)16-25-12-4-8-21;6-1-5(2-7,3-8)4-9/h18-21H,1-16H2;6-9H,1-4H2. The number of hydrogen-bond acceptors (Lipinski definition) is 12. The van der Waals surface area contributed by atoms with E-state index in [1.807, 2.05) is 0 Å². The molecule has 12 heteroatoms. The summed E-state index contributed by atoms with van der Waals surface area (Å²) in [5.74, 6) is 0. The molecule has 208 valence electrons. The average molecular weight is 505 g/mol. The van der Waals surface area contributed by atoms with E-state index in [0.29, 0.717) is 78.5 Å². The van der Waals surface area contributed by atoms with Crippen LogP contribution in [0.1, 0.15) is 25.7 Å². The highest BCUT2D eigenvalue weighted by molar-refractivity contribution is 4.79. The van der Waals surface area contributed by atoms with E-state index in [-0.39, 0.29) is 26.4 Å². The van der Waals surface area contributed by atoms with E-state index in [1.54, 1.807) is 0 Å². The van der Waals surface area contributed by atoms with Crippen molar-refractivity contribution in [1.82, 2.24) is 0 Å². The van der Waals surface area contributed by atoms with Gasteiger partial charge in [-0.1, -0.05) is 0 Å². The van der Waals surface area contributed by atoms with Crippen molar-refractivity contribution in [3.63, 3.8) is 0 Å². The highest BCUT2D eigenvalue weighted by Gasteiger charge is 2.32. The molecule has 12 nitrogen and oxygen atoms in total. The molecule has 0 aromatic rings. The molecule has 0 saturated carbocycles. The van der Waals surface area contributed by atoms with Gasteiger partial charge in [-0.05, 0) is 25.7 Å². The fourth-order valence-corrected chi connectivity index (χ4v) is 2.37. The van der Waals surface area contributed by atoms with E-state index < -0.39 is 37.3 Å². The Bertz CT molecular complexity index is 325. The topological polar surface area (TPSA) is 199 Å². The molecule has 0 atom stereocenters. The quantitative estimate of drug-likeness (QED) is 0.0644. The minimum atomic E-state index is -1.11. The first-order valence-corrected chi connectivity index (χ1v) is 11.7. The third-order valence-corrected chi connectivity index (χ3v) is 4.76. The molecule has 8 N–H and O–H groups in total. The normalized spacial score (nSPS) is 12.0. The molecule has 0 aliphatic carbocycles. The summed E-state index contributed by atoms with van der Waals surface area (Å²) in [6.45, 7) is 1.79. The number of aliphatic hydroxyl groups excluding tert-OH is 8. The maximum atomic E-state index is 8.87. The van der Waals surface area contributed by atoms with Crippen LogP contribution in [0.4, 0.5) is 0 Å².